The number of carbonyl (C=O) groups is 1. The molecule has 33 heavy (non-hydrogen) atoms. The van der Waals surface area contributed by atoms with E-state index >= 15 is 0 Å². The zero-order chi connectivity index (χ0) is 22.9. The molecule has 2 aromatic carbocycles. The summed E-state index contributed by atoms with van der Waals surface area (Å²) >= 11 is 3.17. The number of amides is 1. The minimum Gasteiger partial charge on any atom is -0.332 e. The van der Waals surface area contributed by atoms with Crippen molar-refractivity contribution in [3.8, 4) is 5.69 Å². The lowest BCUT2D eigenvalue weighted by atomic mass is 10.0. The molecule has 0 unspecified atom stereocenters. The van der Waals surface area contributed by atoms with Gasteiger partial charge in [0.25, 0.3) is 0 Å². The van der Waals surface area contributed by atoms with Gasteiger partial charge in [0.05, 0.1) is 27.7 Å². The number of hydrogen-bond donors (Lipinski definition) is 0. The van der Waals surface area contributed by atoms with Gasteiger partial charge >= 0.3 is 0 Å². The highest BCUT2D eigenvalue weighted by Crippen LogP contribution is 2.36. The molecule has 1 amide bonds. The molecule has 8 heteroatoms. The molecule has 4 aromatic rings. The Morgan fingerprint density at radius 3 is 2.82 bits per heavy atom. The molecule has 0 spiro atoms. The third-order valence-corrected chi connectivity index (χ3v) is 8.20. The minimum absolute atomic E-state index is 0.0582. The van der Waals surface area contributed by atoms with Crippen LogP contribution < -0.4 is 0 Å². The third kappa shape index (κ3) is 4.42. The molecule has 0 saturated carbocycles. The summed E-state index contributed by atoms with van der Waals surface area (Å²) in [6.07, 6.45) is 3.13. The molecule has 0 N–H and O–H groups in total. The van der Waals surface area contributed by atoms with Crippen LogP contribution >= 0.6 is 23.1 Å². The number of carbonyl (C=O) groups excluding carboxylic acids is 1. The third-order valence-electron chi connectivity index (χ3n) is 6.14. The lowest BCUT2D eigenvalue weighted by Crippen LogP contribution is -2.39. The topological polar surface area (TPSA) is 63.9 Å². The number of benzene rings is 2. The standard InChI is InChI=1S/C25H27N5OS2/c1-16-11-12-17(2)21(14-16)30-18(3)27-28-25(30)32-15-23(31)29-13-7-6-9-20(29)24-26-19-8-4-5-10-22(19)33-24/h4-5,8,10-12,14,20H,6-7,9,13,15H2,1-3H3/t20-/m1/s1. The number of para-hydroxylation sites is 1. The van der Waals surface area contributed by atoms with Crippen molar-refractivity contribution >= 4 is 39.2 Å². The maximum Gasteiger partial charge on any atom is 0.233 e. The van der Waals surface area contributed by atoms with Crippen LogP contribution in [-0.2, 0) is 4.79 Å². The van der Waals surface area contributed by atoms with Crippen molar-refractivity contribution in [1.82, 2.24) is 24.6 Å². The molecule has 1 aliphatic heterocycles. The molecule has 1 aliphatic rings. The zero-order valence-electron chi connectivity index (χ0n) is 19.1. The first-order chi connectivity index (χ1) is 16.0. The first kappa shape index (κ1) is 22.1. The smallest absolute Gasteiger partial charge is 0.233 e. The van der Waals surface area contributed by atoms with Crippen LogP contribution in [0.4, 0.5) is 0 Å². The number of likely N-dealkylation sites (tertiary alicyclic amines) is 1. The average molecular weight is 478 g/mol. The van der Waals surface area contributed by atoms with E-state index in [1.165, 1.54) is 22.0 Å². The maximum absolute atomic E-state index is 13.4. The van der Waals surface area contributed by atoms with E-state index in [1.807, 2.05) is 30.0 Å². The number of thiazole rings is 1. The Labute approximate surface area is 202 Å². The van der Waals surface area contributed by atoms with E-state index in [9.17, 15) is 4.79 Å². The molecule has 1 saturated heterocycles. The Balaban J connectivity index is 1.36. The molecular weight excluding hydrogens is 450 g/mol. The van der Waals surface area contributed by atoms with E-state index in [-0.39, 0.29) is 11.9 Å². The summed E-state index contributed by atoms with van der Waals surface area (Å²) in [4.78, 5) is 20.3. The number of aryl methyl sites for hydroxylation is 3. The van der Waals surface area contributed by atoms with Crippen molar-refractivity contribution in [3.05, 3.63) is 64.4 Å². The highest BCUT2D eigenvalue weighted by atomic mass is 32.2. The highest BCUT2D eigenvalue weighted by molar-refractivity contribution is 7.99. The second kappa shape index (κ2) is 9.27. The Bertz CT molecular complexity index is 1280. The Morgan fingerprint density at radius 1 is 1.12 bits per heavy atom. The second-order valence-electron chi connectivity index (χ2n) is 8.56. The summed E-state index contributed by atoms with van der Waals surface area (Å²) in [7, 11) is 0. The molecule has 0 bridgehead atoms. The van der Waals surface area contributed by atoms with Crippen molar-refractivity contribution < 1.29 is 4.79 Å². The fourth-order valence-electron chi connectivity index (χ4n) is 4.40. The summed E-state index contributed by atoms with van der Waals surface area (Å²) in [5.41, 5.74) is 4.42. The van der Waals surface area contributed by atoms with Crippen molar-refractivity contribution in [2.24, 2.45) is 0 Å². The van der Waals surface area contributed by atoms with Gasteiger partial charge in [0.1, 0.15) is 10.8 Å². The van der Waals surface area contributed by atoms with Crippen molar-refractivity contribution in [2.45, 2.75) is 51.2 Å². The average Bonchev–Trinajstić information content (AvgIpc) is 3.42. The summed E-state index contributed by atoms with van der Waals surface area (Å²) in [6.45, 7) is 6.90. The number of nitrogens with zero attached hydrogens (tertiary/aromatic N) is 5. The normalized spacial score (nSPS) is 16.5. The fourth-order valence-corrected chi connectivity index (χ4v) is 6.39. The van der Waals surface area contributed by atoms with Gasteiger partial charge in [-0.25, -0.2) is 4.98 Å². The molecule has 0 radical (unpaired) electrons. The quantitative estimate of drug-likeness (QED) is 0.348. The highest BCUT2D eigenvalue weighted by Gasteiger charge is 2.30. The summed E-state index contributed by atoms with van der Waals surface area (Å²) in [6, 6.07) is 14.6. The van der Waals surface area contributed by atoms with Crippen molar-refractivity contribution in [3.63, 3.8) is 0 Å². The number of rotatable bonds is 5. The van der Waals surface area contributed by atoms with E-state index in [4.69, 9.17) is 4.98 Å². The maximum atomic E-state index is 13.4. The monoisotopic (exact) mass is 477 g/mol. The number of fused-ring (bicyclic) bond motifs is 1. The Hall–Kier alpha value is -2.71. The molecule has 1 fully saturated rings. The predicted molar refractivity (Wildman–Crippen MR) is 134 cm³/mol. The van der Waals surface area contributed by atoms with Crippen LogP contribution in [0.2, 0.25) is 0 Å². The zero-order valence-corrected chi connectivity index (χ0v) is 20.7. The molecule has 1 atom stereocenters. The van der Waals surface area contributed by atoms with Gasteiger partial charge in [0.2, 0.25) is 5.91 Å². The summed E-state index contributed by atoms with van der Waals surface area (Å²) in [5.74, 6) is 1.30. The molecule has 6 nitrogen and oxygen atoms in total. The summed E-state index contributed by atoms with van der Waals surface area (Å²) < 4.78 is 3.23. The first-order valence-electron chi connectivity index (χ1n) is 11.3. The van der Waals surface area contributed by atoms with Crippen LogP contribution in [0.5, 0.6) is 0 Å². The largest absolute Gasteiger partial charge is 0.332 e. The van der Waals surface area contributed by atoms with Crippen LogP contribution in [0.25, 0.3) is 15.9 Å². The predicted octanol–water partition coefficient (Wildman–Crippen LogP) is 5.65. The SMILES string of the molecule is Cc1ccc(C)c(-n2c(C)nnc2SCC(=O)N2CCCC[C@@H]2c2nc3ccccc3s2)c1. The Kier molecular flexibility index (Phi) is 6.21. The summed E-state index contributed by atoms with van der Waals surface area (Å²) in [5, 5.41) is 10.5. The number of aromatic nitrogens is 4. The van der Waals surface area contributed by atoms with Gasteiger partial charge in [-0.15, -0.1) is 21.5 Å². The van der Waals surface area contributed by atoms with Crippen LogP contribution in [0.15, 0.2) is 47.6 Å². The van der Waals surface area contributed by atoms with Crippen LogP contribution in [-0.4, -0.2) is 42.9 Å². The molecule has 2 aromatic heterocycles. The number of hydrogen-bond acceptors (Lipinski definition) is 6. The van der Waals surface area contributed by atoms with Gasteiger partial charge in [0.15, 0.2) is 5.16 Å². The lowest BCUT2D eigenvalue weighted by Gasteiger charge is -2.34. The van der Waals surface area contributed by atoms with Gasteiger partial charge < -0.3 is 4.90 Å². The van der Waals surface area contributed by atoms with Gasteiger partial charge in [-0.3, -0.25) is 9.36 Å². The number of piperidine rings is 1. The van der Waals surface area contributed by atoms with E-state index in [2.05, 4.69) is 52.9 Å². The molecule has 0 aliphatic carbocycles. The van der Waals surface area contributed by atoms with Gasteiger partial charge in [-0.2, -0.15) is 0 Å². The van der Waals surface area contributed by atoms with Crippen LogP contribution in [0.1, 0.15) is 47.3 Å². The van der Waals surface area contributed by atoms with Crippen LogP contribution in [0.3, 0.4) is 0 Å². The van der Waals surface area contributed by atoms with Crippen molar-refractivity contribution in [2.75, 3.05) is 12.3 Å². The molecule has 5 rings (SSSR count). The molecule has 170 valence electrons. The first-order valence-corrected chi connectivity index (χ1v) is 13.1. The van der Waals surface area contributed by atoms with E-state index in [0.29, 0.717) is 5.75 Å². The fraction of sp³-hybridized carbons (Fsp3) is 0.360. The van der Waals surface area contributed by atoms with Crippen LogP contribution in [0, 0.1) is 20.8 Å². The van der Waals surface area contributed by atoms with Gasteiger partial charge in [-0.1, -0.05) is 36.0 Å². The van der Waals surface area contributed by atoms with Gasteiger partial charge in [-0.05, 0) is 69.4 Å². The van der Waals surface area contributed by atoms with Gasteiger partial charge in [0, 0.05) is 6.54 Å². The molecular formula is C25H27N5OS2. The van der Waals surface area contributed by atoms with E-state index < -0.39 is 0 Å². The van der Waals surface area contributed by atoms with E-state index in [1.54, 1.807) is 11.3 Å². The Morgan fingerprint density at radius 2 is 1.97 bits per heavy atom. The molecule has 3 heterocycles. The lowest BCUT2D eigenvalue weighted by molar-refractivity contribution is -0.132. The van der Waals surface area contributed by atoms with E-state index in [0.717, 1.165) is 58.6 Å². The number of thioether (sulfide) groups is 1. The second-order valence-corrected chi connectivity index (χ2v) is 10.6. The van der Waals surface area contributed by atoms with Crippen molar-refractivity contribution in [1.29, 1.82) is 0 Å². The minimum atomic E-state index is 0.0582.